The van der Waals surface area contributed by atoms with Gasteiger partial charge < -0.3 is 14.0 Å². The van der Waals surface area contributed by atoms with E-state index in [1.54, 1.807) is 0 Å². The van der Waals surface area contributed by atoms with Gasteiger partial charge in [0.05, 0.1) is 27.8 Å². The molecule has 2 heterocycles. The third kappa shape index (κ3) is 6.51. The van der Waals surface area contributed by atoms with Gasteiger partial charge in [-0.1, -0.05) is 194 Å². The van der Waals surface area contributed by atoms with Crippen molar-refractivity contribution < 1.29 is 0 Å². The van der Waals surface area contributed by atoms with E-state index >= 15 is 0 Å². The Bertz CT molecular complexity index is 3810. The van der Waals surface area contributed by atoms with Gasteiger partial charge in [0.25, 0.3) is 0 Å². The number of hydrogen-bond acceptors (Lipinski definition) is 1. The fourth-order valence-corrected chi connectivity index (χ4v) is 10.4. The standard InChI is InChI=1S/C64H43N3/c1-3-17-44(18-4-1)46-33-37-50(38-34-46)65(51-39-35-47(36-40-51)45-19-5-2-6-20-45)52-41-49(42-53(43-52)66-61-29-12-9-24-56(61)57-25-10-13-30-62(57)66)55-27-16-28-59-58-26-11-14-31-63(58)67(64(55)59)60-32-15-22-48-21-7-8-23-54(48)60/h1-43H. The van der Waals surface area contributed by atoms with E-state index < -0.39 is 0 Å². The summed E-state index contributed by atoms with van der Waals surface area (Å²) in [5, 5.41) is 7.33. The first-order valence-electron chi connectivity index (χ1n) is 23.0. The molecule has 0 N–H and O–H groups in total. The summed E-state index contributed by atoms with van der Waals surface area (Å²) in [5.74, 6) is 0. The number of benzene rings is 11. The Kier molecular flexibility index (Phi) is 9.17. The number of anilines is 3. The smallest absolute Gasteiger partial charge is 0.0619 e. The second kappa shape index (κ2) is 16.0. The van der Waals surface area contributed by atoms with Crippen LogP contribution in [0.15, 0.2) is 261 Å². The summed E-state index contributed by atoms with van der Waals surface area (Å²) in [7, 11) is 0. The topological polar surface area (TPSA) is 13.1 Å². The normalized spacial score (nSPS) is 11.6. The molecule has 2 aromatic heterocycles. The average Bonchev–Trinajstić information content (AvgIpc) is 3.93. The van der Waals surface area contributed by atoms with Crippen molar-refractivity contribution >= 4 is 71.4 Å². The van der Waals surface area contributed by atoms with Crippen molar-refractivity contribution in [1.82, 2.24) is 9.13 Å². The van der Waals surface area contributed by atoms with Crippen molar-refractivity contribution in [2.45, 2.75) is 0 Å². The summed E-state index contributed by atoms with van der Waals surface area (Å²) < 4.78 is 4.95. The zero-order chi connectivity index (χ0) is 44.3. The Morgan fingerprint density at radius 1 is 0.269 bits per heavy atom. The molecule has 0 saturated heterocycles. The zero-order valence-electron chi connectivity index (χ0n) is 36.7. The number of fused-ring (bicyclic) bond motifs is 7. The molecular weight excluding hydrogens is 811 g/mol. The minimum absolute atomic E-state index is 1.05. The number of aromatic nitrogens is 2. The van der Waals surface area contributed by atoms with Crippen LogP contribution in [-0.4, -0.2) is 9.13 Å². The summed E-state index contributed by atoms with van der Waals surface area (Å²) in [6.45, 7) is 0. The van der Waals surface area contributed by atoms with Gasteiger partial charge in [-0.3, -0.25) is 0 Å². The molecule has 0 aliphatic heterocycles. The maximum atomic E-state index is 2.50. The van der Waals surface area contributed by atoms with E-state index in [0.29, 0.717) is 0 Å². The van der Waals surface area contributed by atoms with Crippen molar-refractivity contribution in [2.75, 3.05) is 4.90 Å². The van der Waals surface area contributed by atoms with Crippen LogP contribution in [0, 0.1) is 0 Å². The van der Waals surface area contributed by atoms with E-state index in [-0.39, 0.29) is 0 Å². The average molecular weight is 854 g/mol. The Balaban J connectivity index is 1.11. The molecule has 0 spiro atoms. The maximum absolute atomic E-state index is 2.50. The molecule has 3 nitrogen and oxygen atoms in total. The second-order valence-corrected chi connectivity index (χ2v) is 17.3. The highest BCUT2D eigenvalue weighted by atomic mass is 15.1. The van der Waals surface area contributed by atoms with Crippen molar-refractivity contribution in [2.24, 2.45) is 0 Å². The summed E-state index contributed by atoms with van der Waals surface area (Å²) in [6.07, 6.45) is 0. The highest BCUT2D eigenvalue weighted by Crippen LogP contribution is 2.45. The fourth-order valence-electron chi connectivity index (χ4n) is 10.4. The maximum Gasteiger partial charge on any atom is 0.0619 e. The lowest BCUT2D eigenvalue weighted by atomic mass is 9.99. The summed E-state index contributed by atoms with van der Waals surface area (Å²) in [6, 6.07) is 95.1. The van der Waals surface area contributed by atoms with Gasteiger partial charge in [-0.05, 0) is 99.9 Å². The van der Waals surface area contributed by atoms with Gasteiger partial charge in [-0.25, -0.2) is 0 Å². The molecule has 67 heavy (non-hydrogen) atoms. The minimum Gasteiger partial charge on any atom is -0.310 e. The van der Waals surface area contributed by atoms with Crippen LogP contribution in [0.5, 0.6) is 0 Å². The molecule has 0 bridgehead atoms. The van der Waals surface area contributed by atoms with Gasteiger partial charge in [0.15, 0.2) is 0 Å². The Labute approximate surface area is 389 Å². The Morgan fingerprint density at radius 2 is 0.716 bits per heavy atom. The van der Waals surface area contributed by atoms with Crippen molar-refractivity contribution in [3.8, 4) is 44.8 Å². The quantitative estimate of drug-likeness (QED) is 0.148. The molecule has 0 atom stereocenters. The predicted molar refractivity (Wildman–Crippen MR) is 284 cm³/mol. The lowest BCUT2D eigenvalue weighted by molar-refractivity contribution is 1.17. The first kappa shape index (κ1) is 38.5. The van der Waals surface area contributed by atoms with Gasteiger partial charge in [-0.15, -0.1) is 0 Å². The molecule has 0 aliphatic carbocycles. The van der Waals surface area contributed by atoms with Crippen molar-refractivity contribution in [1.29, 1.82) is 0 Å². The summed E-state index contributed by atoms with van der Waals surface area (Å²) in [5.41, 5.74) is 17.2. The minimum atomic E-state index is 1.05. The number of nitrogens with zero attached hydrogens (tertiary/aromatic N) is 3. The van der Waals surface area contributed by atoms with Gasteiger partial charge in [0.2, 0.25) is 0 Å². The second-order valence-electron chi connectivity index (χ2n) is 17.3. The SMILES string of the molecule is c1ccc(-c2ccc(N(c3ccc(-c4ccccc4)cc3)c3cc(-c4cccc5c6ccccc6n(-c6cccc7ccccc67)c45)cc(-n4c5ccccc5c5ccccc54)c3)cc2)cc1. The van der Waals surface area contributed by atoms with Gasteiger partial charge in [0.1, 0.15) is 0 Å². The number of para-hydroxylation sites is 4. The summed E-state index contributed by atoms with van der Waals surface area (Å²) >= 11 is 0. The molecule has 0 radical (unpaired) electrons. The van der Waals surface area contributed by atoms with Crippen LogP contribution in [-0.2, 0) is 0 Å². The monoisotopic (exact) mass is 853 g/mol. The van der Waals surface area contributed by atoms with Gasteiger partial charge in [0, 0.05) is 55.2 Å². The molecule has 11 aromatic carbocycles. The van der Waals surface area contributed by atoms with Crippen LogP contribution < -0.4 is 4.90 Å². The molecule has 13 aromatic rings. The lowest BCUT2D eigenvalue weighted by Gasteiger charge is -2.28. The molecule has 0 unspecified atom stereocenters. The van der Waals surface area contributed by atoms with Gasteiger partial charge in [-0.2, -0.15) is 0 Å². The summed E-state index contributed by atoms with van der Waals surface area (Å²) in [4.78, 5) is 2.42. The molecule has 0 amide bonds. The highest BCUT2D eigenvalue weighted by molar-refractivity contribution is 6.15. The van der Waals surface area contributed by atoms with Crippen LogP contribution in [0.3, 0.4) is 0 Å². The zero-order valence-corrected chi connectivity index (χ0v) is 36.7. The molecule has 0 fully saturated rings. The molecule has 3 heteroatoms. The van der Waals surface area contributed by atoms with Crippen LogP contribution in [0.4, 0.5) is 17.1 Å². The van der Waals surface area contributed by atoms with E-state index in [1.807, 2.05) is 0 Å². The van der Waals surface area contributed by atoms with E-state index in [9.17, 15) is 0 Å². The molecular formula is C64H43N3. The van der Waals surface area contributed by atoms with Crippen LogP contribution in [0.1, 0.15) is 0 Å². The first-order chi connectivity index (χ1) is 33.2. The van der Waals surface area contributed by atoms with Crippen molar-refractivity contribution in [3.63, 3.8) is 0 Å². The largest absolute Gasteiger partial charge is 0.310 e. The van der Waals surface area contributed by atoms with E-state index in [1.165, 1.54) is 76.6 Å². The Hall–Kier alpha value is -8.92. The van der Waals surface area contributed by atoms with Crippen LogP contribution in [0.2, 0.25) is 0 Å². The predicted octanol–water partition coefficient (Wildman–Crippen LogP) is 17.5. The van der Waals surface area contributed by atoms with E-state index in [0.717, 1.165) is 39.6 Å². The lowest BCUT2D eigenvalue weighted by Crippen LogP contribution is -2.11. The molecule has 0 aliphatic rings. The molecule has 0 saturated carbocycles. The number of hydrogen-bond donors (Lipinski definition) is 0. The van der Waals surface area contributed by atoms with E-state index in [2.05, 4.69) is 275 Å². The first-order valence-corrected chi connectivity index (χ1v) is 23.0. The third-order valence-corrected chi connectivity index (χ3v) is 13.5. The fraction of sp³-hybridized carbons (Fsp3) is 0. The Morgan fingerprint density at radius 3 is 1.31 bits per heavy atom. The number of rotatable bonds is 8. The van der Waals surface area contributed by atoms with Gasteiger partial charge >= 0.3 is 0 Å². The van der Waals surface area contributed by atoms with E-state index in [4.69, 9.17) is 0 Å². The van der Waals surface area contributed by atoms with Crippen molar-refractivity contribution in [3.05, 3.63) is 261 Å². The molecule has 13 rings (SSSR count). The highest BCUT2D eigenvalue weighted by Gasteiger charge is 2.22. The molecule has 314 valence electrons. The van der Waals surface area contributed by atoms with Crippen LogP contribution in [0.25, 0.3) is 99.1 Å². The third-order valence-electron chi connectivity index (χ3n) is 13.5. The van der Waals surface area contributed by atoms with Crippen LogP contribution >= 0.6 is 0 Å².